The molecule has 4 rings (SSSR count). The third kappa shape index (κ3) is 3.18. The fourth-order valence-corrected chi connectivity index (χ4v) is 4.05. The van der Waals surface area contributed by atoms with Gasteiger partial charge in [0.25, 0.3) is 0 Å². The molecule has 1 aliphatic heterocycles. The van der Waals surface area contributed by atoms with Crippen LogP contribution in [0.1, 0.15) is 36.3 Å². The highest BCUT2D eigenvalue weighted by atomic mass is 19.1. The lowest BCUT2D eigenvalue weighted by Crippen LogP contribution is -2.35. The summed E-state index contributed by atoms with van der Waals surface area (Å²) in [4.78, 5) is 16.0. The predicted octanol–water partition coefficient (Wildman–Crippen LogP) is 4.39. The van der Waals surface area contributed by atoms with Gasteiger partial charge in [0.05, 0.1) is 12.1 Å². The normalized spacial score (nSPS) is 21.5. The van der Waals surface area contributed by atoms with Crippen molar-refractivity contribution < 1.29 is 13.6 Å². The number of amides is 2. The number of carbonyl (C=O) groups excluding carboxylic acids is 1. The lowest BCUT2D eigenvalue weighted by molar-refractivity contribution is 0.184. The van der Waals surface area contributed by atoms with Gasteiger partial charge in [-0.15, -0.1) is 0 Å². The maximum Gasteiger partial charge on any atom is 0.320 e. The Morgan fingerprint density at radius 3 is 1.96 bits per heavy atom. The Hall–Kier alpha value is -2.43. The van der Waals surface area contributed by atoms with E-state index >= 15 is 0 Å². The molecule has 2 unspecified atom stereocenters. The van der Waals surface area contributed by atoms with Crippen molar-refractivity contribution in [2.45, 2.75) is 37.3 Å². The molecule has 1 saturated heterocycles. The van der Waals surface area contributed by atoms with Crippen LogP contribution in [0.4, 0.5) is 13.6 Å². The first-order chi connectivity index (χ1) is 12.5. The van der Waals surface area contributed by atoms with Crippen LogP contribution in [0.5, 0.6) is 0 Å². The zero-order valence-electron chi connectivity index (χ0n) is 14.7. The van der Waals surface area contributed by atoms with Gasteiger partial charge in [0.1, 0.15) is 11.6 Å². The van der Waals surface area contributed by atoms with Crippen LogP contribution in [0.15, 0.2) is 48.5 Å². The lowest BCUT2D eigenvalue weighted by atomic mass is 9.87. The third-order valence-electron chi connectivity index (χ3n) is 5.61. The van der Waals surface area contributed by atoms with Crippen molar-refractivity contribution in [2.24, 2.45) is 0 Å². The summed E-state index contributed by atoms with van der Waals surface area (Å²) in [5.74, 6) is -0.476. The molecular weight excluding hydrogens is 334 g/mol. The van der Waals surface area contributed by atoms with Gasteiger partial charge in [-0.05, 0) is 54.7 Å². The highest BCUT2D eigenvalue weighted by Crippen LogP contribution is 2.40. The molecule has 2 aliphatic rings. The monoisotopic (exact) mass is 356 g/mol. The fraction of sp³-hybridized carbons (Fsp3) is 0.381. The fourth-order valence-electron chi connectivity index (χ4n) is 4.05. The van der Waals surface area contributed by atoms with Crippen LogP contribution >= 0.6 is 0 Å². The highest BCUT2D eigenvalue weighted by Gasteiger charge is 2.54. The van der Waals surface area contributed by atoms with Gasteiger partial charge in [0.15, 0.2) is 0 Å². The molecule has 26 heavy (non-hydrogen) atoms. The second-order valence-corrected chi connectivity index (χ2v) is 7.26. The summed E-state index contributed by atoms with van der Waals surface area (Å²) in [5.41, 5.74) is 2.01. The topological polar surface area (TPSA) is 23.6 Å². The van der Waals surface area contributed by atoms with Gasteiger partial charge in [0.2, 0.25) is 0 Å². The van der Waals surface area contributed by atoms with Crippen molar-refractivity contribution in [3.05, 3.63) is 71.3 Å². The van der Waals surface area contributed by atoms with Crippen LogP contribution in [-0.2, 0) is 0 Å². The molecule has 0 spiro atoms. The maximum absolute atomic E-state index is 13.3. The number of rotatable bonds is 6. The molecule has 5 heteroatoms. The molecule has 2 aromatic rings. The number of likely N-dealkylation sites (N-methyl/N-ethyl adjacent to an activating group) is 1. The molecule has 0 N–H and O–H groups in total. The number of fused-ring (bicyclic) bond motifs is 1. The molecule has 2 fully saturated rings. The van der Waals surface area contributed by atoms with E-state index in [1.165, 1.54) is 24.3 Å². The molecule has 2 aromatic carbocycles. The van der Waals surface area contributed by atoms with Crippen LogP contribution in [0.2, 0.25) is 0 Å². The maximum atomic E-state index is 13.3. The van der Waals surface area contributed by atoms with Crippen LogP contribution in [0, 0.1) is 11.6 Å². The Labute approximate surface area is 152 Å². The average molecular weight is 356 g/mol. The molecule has 1 saturated carbocycles. The molecule has 2 amide bonds. The molecule has 1 heterocycles. The van der Waals surface area contributed by atoms with E-state index in [4.69, 9.17) is 0 Å². The Morgan fingerprint density at radius 2 is 1.50 bits per heavy atom. The van der Waals surface area contributed by atoms with E-state index in [0.29, 0.717) is 12.1 Å². The van der Waals surface area contributed by atoms with Gasteiger partial charge in [-0.3, -0.25) is 0 Å². The van der Waals surface area contributed by atoms with Gasteiger partial charge >= 0.3 is 6.03 Å². The molecule has 1 aliphatic carbocycles. The van der Waals surface area contributed by atoms with Crippen molar-refractivity contribution in [3.63, 3.8) is 0 Å². The van der Waals surface area contributed by atoms with E-state index in [-0.39, 0.29) is 23.6 Å². The molecule has 0 aromatic heterocycles. The van der Waals surface area contributed by atoms with E-state index in [1.807, 2.05) is 16.8 Å². The van der Waals surface area contributed by atoms with Crippen LogP contribution in [-0.4, -0.2) is 41.5 Å². The largest absolute Gasteiger partial charge is 0.323 e. The van der Waals surface area contributed by atoms with Crippen molar-refractivity contribution in [1.29, 1.82) is 0 Å². The number of benzene rings is 2. The zero-order valence-corrected chi connectivity index (χ0v) is 14.7. The van der Waals surface area contributed by atoms with Gasteiger partial charge in [-0.25, -0.2) is 13.6 Å². The minimum Gasteiger partial charge on any atom is -0.323 e. The second kappa shape index (κ2) is 6.71. The lowest BCUT2D eigenvalue weighted by Gasteiger charge is -2.23. The third-order valence-corrected chi connectivity index (χ3v) is 5.61. The SMILES string of the molecule is CN1C(=O)N(CCCC(c2ccc(F)cc2)c2ccc(F)cc2)C2CC21. The van der Waals surface area contributed by atoms with E-state index in [2.05, 4.69) is 0 Å². The number of nitrogens with zero attached hydrogens (tertiary/aromatic N) is 2. The minimum absolute atomic E-state index is 0.0571. The first kappa shape index (κ1) is 17.0. The Morgan fingerprint density at radius 1 is 0.962 bits per heavy atom. The summed E-state index contributed by atoms with van der Waals surface area (Å²) >= 11 is 0. The Balaban J connectivity index is 1.47. The molecule has 0 radical (unpaired) electrons. The Bertz CT molecular complexity index is 745. The molecule has 136 valence electrons. The standard InChI is InChI=1S/C21H22F2N2O/c1-24-19-13-20(19)25(21(24)26)12-2-3-18(14-4-8-16(22)9-5-14)15-6-10-17(23)11-7-15/h4-11,18-20H,2-3,12-13H2,1H3. The summed E-state index contributed by atoms with van der Waals surface area (Å²) in [6, 6.07) is 13.9. The summed E-state index contributed by atoms with van der Waals surface area (Å²) in [6.45, 7) is 0.725. The van der Waals surface area contributed by atoms with Crippen LogP contribution in [0.3, 0.4) is 0 Å². The number of hydrogen-bond donors (Lipinski definition) is 0. The van der Waals surface area contributed by atoms with Gasteiger partial charge < -0.3 is 9.80 Å². The molecular formula is C21H22F2N2O. The van der Waals surface area contributed by atoms with E-state index in [0.717, 1.165) is 36.9 Å². The molecule has 2 atom stereocenters. The van der Waals surface area contributed by atoms with E-state index in [1.54, 1.807) is 24.3 Å². The van der Waals surface area contributed by atoms with Crippen molar-refractivity contribution >= 4 is 6.03 Å². The number of hydrogen-bond acceptors (Lipinski definition) is 1. The number of carbonyl (C=O) groups is 1. The van der Waals surface area contributed by atoms with E-state index < -0.39 is 0 Å². The summed E-state index contributed by atoms with van der Waals surface area (Å²) in [6.07, 6.45) is 2.74. The van der Waals surface area contributed by atoms with Crippen LogP contribution < -0.4 is 0 Å². The summed E-state index contributed by atoms with van der Waals surface area (Å²) < 4.78 is 26.6. The Kier molecular flexibility index (Phi) is 4.39. The highest BCUT2D eigenvalue weighted by molar-refractivity contribution is 5.79. The summed E-state index contributed by atoms with van der Waals surface area (Å²) in [5, 5.41) is 0. The van der Waals surface area contributed by atoms with Crippen molar-refractivity contribution in [1.82, 2.24) is 9.80 Å². The van der Waals surface area contributed by atoms with Crippen LogP contribution in [0.25, 0.3) is 0 Å². The molecule has 0 bridgehead atoms. The smallest absolute Gasteiger partial charge is 0.320 e. The van der Waals surface area contributed by atoms with Crippen molar-refractivity contribution in [3.8, 4) is 0 Å². The minimum atomic E-state index is -0.267. The first-order valence-electron chi connectivity index (χ1n) is 9.09. The number of urea groups is 1. The van der Waals surface area contributed by atoms with Crippen molar-refractivity contribution in [2.75, 3.05) is 13.6 Å². The van der Waals surface area contributed by atoms with Gasteiger partial charge in [-0.1, -0.05) is 24.3 Å². The molecule has 3 nitrogen and oxygen atoms in total. The first-order valence-corrected chi connectivity index (χ1v) is 9.09. The van der Waals surface area contributed by atoms with Gasteiger partial charge in [0, 0.05) is 19.5 Å². The number of halogens is 2. The van der Waals surface area contributed by atoms with Gasteiger partial charge in [-0.2, -0.15) is 0 Å². The quantitative estimate of drug-likeness (QED) is 0.753. The average Bonchev–Trinajstić information content (AvgIpc) is 3.39. The van der Waals surface area contributed by atoms with E-state index in [9.17, 15) is 13.6 Å². The zero-order chi connectivity index (χ0) is 18.3. The second-order valence-electron chi connectivity index (χ2n) is 7.26. The predicted molar refractivity (Wildman–Crippen MR) is 95.9 cm³/mol. The summed E-state index contributed by atoms with van der Waals surface area (Å²) in [7, 11) is 1.87.